The number of fused-ring (bicyclic) bond motifs is 1. The Morgan fingerprint density at radius 3 is 2.69 bits per heavy atom. The molecule has 0 spiro atoms. The number of anilines is 1. The zero-order valence-corrected chi connectivity index (χ0v) is 19.8. The van der Waals surface area contributed by atoms with Crippen LogP contribution in [0, 0.1) is 11.7 Å². The van der Waals surface area contributed by atoms with E-state index in [4.69, 9.17) is 9.47 Å². The number of hydrogen-bond acceptors (Lipinski definition) is 6. The number of H-pyrrole nitrogens is 1. The molecule has 0 saturated carbocycles. The largest absolute Gasteiger partial charge is 0.488 e. The summed E-state index contributed by atoms with van der Waals surface area (Å²) in [5.41, 5.74) is 3.63. The minimum Gasteiger partial charge on any atom is -0.488 e. The molecule has 35 heavy (non-hydrogen) atoms. The van der Waals surface area contributed by atoms with E-state index in [9.17, 15) is 4.79 Å². The van der Waals surface area contributed by atoms with Crippen LogP contribution in [0.15, 0.2) is 36.7 Å². The molecular weight excluding hydrogens is 449 g/mol. The van der Waals surface area contributed by atoms with E-state index in [2.05, 4.69) is 25.1 Å². The topological polar surface area (TPSA) is 82.7 Å². The van der Waals surface area contributed by atoms with Crippen molar-refractivity contribution in [1.29, 1.82) is 0 Å². The number of halogens is 1. The first-order valence-corrected chi connectivity index (χ1v) is 12.3. The molecule has 0 radical (unpaired) electrons. The van der Waals surface area contributed by atoms with Crippen LogP contribution in [-0.4, -0.2) is 78.9 Å². The number of rotatable bonds is 6. The summed E-state index contributed by atoms with van der Waals surface area (Å²) < 4.78 is 27.0. The number of amides is 1. The van der Waals surface area contributed by atoms with Gasteiger partial charge in [0.25, 0.3) is 0 Å². The van der Waals surface area contributed by atoms with Gasteiger partial charge in [-0.1, -0.05) is 0 Å². The van der Waals surface area contributed by atoms with Gasteiger partial charge in [0.05, 0.1) is 31.1 Å². The van der Waals surface area contributed by atoms with Gasteiger partial charge in [-0.25, -0.2) is 9.37 Å². The fourth-order valence-electron chi connectivity index (χ4n) is 5.23. The Hall–Kier alpha value is -3.17. The molecule has 0 aliphatic carbocycles. The van der Waals surface area contributed by atoms with E-state index >= 15 is 4.39 Å². The molecule has 0 unspecified atom stereocenters. The van der Waals surface area contributed by atoms with Crippen LogP contribution in [0.25, 0.3) is 22.2 Å². The van der Waals surface area contributed by atoms with Gasteiger partial charge in [0.1, 0.15) is 23.2 Å². The molecule has 0 bridgehead atoms. The van der Waals surface area contributed by atoms with Crippen molar-refractivity contribution in [3.05, 3.63) is 42.5 Å². The van der Waals surface area contributed by atoms with Crippen LogP contribution >= 0.6 is 0 Å². The van der Waals surface area contributed by atoms with Gasteiger partial charge in [0, 0.05) is 56.3 Å². The van der Waals surface area contributed by atoms with Gasteiger partial charge in [0.2, 0.25) is 5.91 Å². The summed E-state index contributed by atoms with van der Waals surface area (Å²) in [6.45, 7) is 7.90. The number of nitrogens with zero attached hydrogens (tertiary/aromatic N) is 3. The Morgan fingerprint density at radius 2 is 2.00 bits per heavy atom. The Morgan fingerprint density at radius 1 is 1.17 bits per heavy atom. The summed E-state index contributed by atoms with van der Waals surface area (Å²) >= 11 is 0. The predicted molar refractivity (Wildman–Crippen MR) is 131 cm³/mol. The van der Waals surface area contributed by atoms with E-state index in [0.29, 0.717) is 35.8 Å². The normalized spacial score (nSPS) is 22.3. The third kappa shape index (κ3) is 4.34. The molecule has 1 amide bonds. The minimum atomic E-state index is -0.263. The molecule has 3 aromatic rings. The molecule has 2 atom stereocenters. The molecule has 3 saturated heterocycles. The highest BCUT2D eigenvalue weighted by Crippen LogP contribution is 2.35. The average molecular weight is 480 g/mol. The quantitative estimate of drug-likeness (QED) is 0.566. The molecule has 9 heteroatoms. The zero-order chi connectivity index (χ0) is 23.9. The number of hydrogen-bond donors (Lipinski definition) is 2. The number of piperazine rings is 1. The van der Waals surface area contributed by atoms with E-state index < -0.39 is 0 Å². The molecule has 4 heterocycles. The highest BCUT2D eigenvalue weighted by molar-refractivity contribution is 5.87. The van der Waals surface area contributed by atoms with Crippen molar-refractivity contribution in [1.82, 2.24) is 20.2 Å². The van der Waals surface area contributed by atoms with Crippen LogP contribution in [0.3, 0.4) is 0 Å². The Balaban J connectivity index is 1.22. The third-order valence-electron chi connectivity index (χ3n) is 7.55. The third-order valence-corrected chi connectivity index (χ3v) is 7.55. The van der Waals surface area contributed by atoms with Crippen molar-refractivity contribution >= 4 is 22.6 Å². The lowest BCUT2D eigenvalue weighted by Crippen LogP contribution is -2.56. The first-order chi connectivity index (χ1) is 17.0. The second-order valence-corrected chi connectivity index (χ2v) is 9.74. The number of carbonyl (C=O) groups excluding carboxylic acids is 1. The minimum absolute atomic E-state index is 0.0461. The fraction of sp³-hybridized carbons (Fsp3) is 0.462. The standard InChI is InChI=1S/C26H30FN5O3/c1-16(18-10-25(33)28-12-18)35-24-9-17(8-23-26(24)30-15-29-23)21-3-2-19(11-22(21)27)31-4-6-32(7-5-31)20-13-34-14-20/h2-3,8-9,11,15-16,18,20H,4-7,10,12-14H2,1H3,(H,28,33)(H,29,30)/t16-,18-/m1/s1. The Bertz CT molecular complexity index is 1230. The average Bonchev–Trinajstić information content (AvgIpc) is 3.47. The maximum absolute atomic E-state index is 15.4. The Labute approximate surface area is 203 Å². The van der Waals surface area contributed by atoms with Crippen molar-refractivity contribution in [2.45, 2.75) is 25.5 Å². The maximum Gasteiger partial charge on any atom is 0.220 e. The van der Waals surface area contributed by atoms with Crippen molar-refractivity contribution in [3.63, 3.8) is 0 Å². The second-order valence-electron chi connectivity index (χ2n) is 9.74. The van der Waals surface area contributed by atoms with Crippen LogP contribution in [0.4, 0.5) is 10.1 Å². The molecule has 3 aliphatic rings. The summed E-state index contributed by atoms with van der Waals surface area (Å²) in [5, 5.41) is 2.86. The van der Waals surface area contributed by atoms with Gasteiger partial charge in [-0.3, -0.25) is 9.69 Å². The summed E-state index contributed by atoms with van der Waals surface area (Å²) in [6, 6.07) is 9.77. The number of benzene rings is 2. The van der Waals surface area contributed by atoms with E-state index in [0.717, 1.165) is 56.2 Å². The molecule has 1 aromatic heterocycles. The number of imidazole rings is 1. The van der Waals surface area contributed by atoms with Gasteiger partial charge in [-0.05, 0) is 42.8 Å². The van der Waals surface area contributed by atoms with E-state index in [1.807, 2.05) is 31.2 Å². The molecule has 184 valence electrons. The van der Waals surface area contributed by atoms with Crippen LogP contribution in [0.1, 0.15) is 13.3 Å². The summed E-state index contributed by atoms with van der Waals surface area (Å²) in [7, 11) is 0. The molecule has 3 fully saturated rings. The number of ether oxygens (including phenoxy) is 2. The molecule has 2 N–H and O–H groups in total. The van der Waals surface area contributed by atoms with Crippen LogP contribution in [0.2, 0.25) is 0 Å². The lowest BCUT2D eigenvalue weighted by molar-refractivity contribution is -0.119. The summed E-state index contributed by atoms with van der Waals surface area (Å²) in [4.78, 5) is 23.9. The maximum atomic E-state index is 15.4. The fourth-order valence-corrected chi connectivity index (χ4v) is 5.23. The number of carbonyl (C=O) groups is 1. The summed E-state index contributed by atoms with van der Waals surface area (Å²) in [6.07, 6.45) is 1.88. The number of nitrogens with one attached hydrogen (secondary N) is 2. The van der Waals surface area contributed by atoms with E-state index in [1.54, 1.807) is 12.4 Å². The predicted octanol–water partition coefficient (Wildman–Crippen LogP) is 2.79. The van der Waals surface area contributed by atoms with Crippen molar-refractivity contribution < 1.29 is 18.7 Å². The second kappa shape index (κ2) is 9.13. The first-order valence-electron chi connectivity index (χ1n) is 12.3. The number of aromatic nitrogens is 2. The van der Waals surface area contributed by atoms with Crippen LogP contribution in [-0.2, 0) is 9.53 Å². The highest BCUT2D eigenvalue weighted by atomic mass is 19.1. The lowest BCUT2D eigenvalue weighted by Gasteiger charge is -2.43. The SMILES string of the molecule is C[C@@H](Oc1cc(-c2ccc(N3CCN(C4COC4)CC3)cc2F)cc2[nH]cnc12)[C@H]1CNC(=O)C1. The van der Waals surface area contributed by atoms with Gasteiger partial charge in [-0.15, -0.1) is 0 Å². The lowest BCUT2D eigenvalue weighted by atomic mass is 10.0. The van der Waals surface area contributed by atoms with E-state index in [1.165, 1.54) is 0 Å². The summed E-state index contributed by atoms with van der Waals surface area (Å²) in [5.74, 6) is 0.462. The van der Waals surface area contributed by atoms with Gasteiger partial charge in [-0.2, -0.15) is 0 Å². The van der Waals surface area contributed by atoms with Crippen LogP contribution in [0.5, 0.6) is 5.75 Å². The van der Waals surface area contributed by atoms with Crippen LogP contribution < -0.4 is 15.0 Å². The molecule has 8 nitrogen and oxygen atoms in total. The molecule has 2 aromatic carbocycles. The Kier molecular flexibility index (Phi) is 5.82. The van der Waals surface area contributed by atoms with Gasteiger partial charge < -0.3 is 24.7 Å². The van der Waals surface area contributed by atoms with Crippen molar-refractivity contribution in [3.8, 4) is 16.9 Å². The van der Waals surface area contributed by atoms with Crippen molar-refractivity contribution in [2.24, 2.45) is 5.92 Å². The first kappa shape index (κ1) is 22.3. The smallest absolute Gasteiger partial charge is 0.220 e. The van der Waals surface area contributed by atoms with Gasteiger partial charge in [0.15, 0.2) is 0 Å². The number of aromatic amines is 1. The molecule has 6 rings (SSSR count). The van der Waals surface area contributed by atoms with E-state index in [-0.39, 0.29) is 23.7 Å². The molecular formula is C26H30FN5O3. The molecule has 3 aliphatic heterocycles. The highest BCUT2D eigenvalue weighted by Gasteiger charge is 2.30. The monoisotopic (exact) mass is 479 g/mol. The zero-order valence-electron chi connectivity index (χ0n) is 19.8. The van der Waals surface area contributed by atoms with Gasteiger partial charge >= 0.3 is 0 Å². The van der Waals surface area contributed by atoms with Crippen molar-refractivity contribution in [2.75, 3.05) is 50.8 Å².